The van der Waals surface area contributed by atoms with Crippen molar-refractivity contribution in [1.29, 1.82) is 0 Å². The zero-order chi connectivity index (χ0) is 12.3. The fraction of sp³-hybridized carbons (Fsp3) is 1.00. The third-order valence-corrected chi connectivity index (χ3v) is 5.59. The predicted molar refractivity (Wildman–Crippen MR) is 74.2 cm³/mol. The topological polar surface area (TPSA) is 15.3 Å². The van der Waals surface area contributed by atoms with Gasteiger partial charge in [-0.1, -0.05) is 33.6 Å². The molecule has 2 nitrogen and oxygen atoms in total. The zero-order valence-corrected chi connectivity index (χ0v) is 12.0. The molecule has 2 saturated heterocycles. The Morgan fingerprint density at radius 2 is 1.76 bits per heavy atom. The van der Waals surface area contributed by atoms with Gasteiger partial charge in [-0.3, -0.25) is 0 Å². The van der Waals surface area contributed by atoms with Crippen LogP contribution in [-0.4, -0.2) is 37.6 Å². The van der Waals surface area contributed by atoms with E-state index in [-0.39, 0.29) is 0 Å². The van der Waals surface area contributed by atoms with Gasteiger partial charge in [-0.05, 0) is 56.3 Å². The van der Waals surface area contributed by atoms with Gasteiger partial charge in [0.15, 0.2) is 0 Å². The standard InChI is InChI=1S/C15H30N2/c1-4-15(5-2)6-8-17(9-7-15)12-14-11-16-10-13(14)3/h13-14,16H,4-12H2,1-3H3/t13-,14+/m1/s1. The normalized spacial score (nSPS) is 34.1. The lowest BCUT2D eigenvalue weighted by atomic mass is 9.74. The lowest BCUT2D eigenvalue weighted by Crippen LogP contribution is -2.42. The number of piperidine rings is 1. The first-order valence-electron chi connectivity index (χ1n) is 7.62. The SMILES string of the molecule is CCC1(CC)CCN(C[C@@H]2CNC[C@H]2C)CC1. The fourth-order valence-electron chi connectivity index (χ4n) is 3.61. The molecular weight excluding hydrogens is 208 g/mol. The van der Waals surface area contributed by atoms with Crippen molar-refractivity contribution in [1.82, 2.24) is 10.2 Å². The molecule has 0 saturated carbocycles. The van der Waals surface area contributed by atoms with Crippen LogP contribution >= 0.6 is 0 Å². The number of hydrogen-bond donors (Lipinski definition) is 1. The molecule has 2 heteroatoms. The van der Waals surface area contributed by atoms with E-state index < -0.39 is 0 Å². The van der Waals surface area contributed by atoms with Crippen LogP contribution < -0.4 is 5.32 Å². The third kappa shape index (κ3) is 3.03. The first kappa shape index (κ1) is 13.4. The molecule has 2 aliphatic heterocycles. The number of nitrogens with one attached hydrogen (secondary N) is 1. The van der Waals surface area contributed by atoms with E-state index >= 15 is 0 Å². The summed E-state index contributed by atoms with van der Waals surface area (Å²) in [5.41, 5.74) is 0.677. The number of nitrogens with zero attached hydrogens (tertiary/aromatic N) is 1. The van der Waals surface area contributed by atoms with Crippen LogP contribution in [0.5, 0.6) is 0 Å². The Labute approximate surface area is 107 Å². The molecule has 0 radical (unpaired) electrons. The summed E-state index contributed by atoms with van der Waals surface area (Å²) in [6.07, 6.45) is 5.60. The average molecular weight is 238 g/mol. The summed E-state index contributed by atoms with van der Waals surface area (Å²) in [6, 6.07) is 0. The molecule has 100 valence electrons. The number of likely N-dealkylation sites (tertiary alicyclic amines) is 1. The minimum atomic E-state index is 0.677. The van der Waals surface area contributed by atoms with Gasteiger partial charge in [-0.15, -0.1) is 0 Å². The maximum atomic E-state index is 3.52. The largest absolute Gasteiger partial charge is 0.316 e. The van der Waals surface area contributed by atoms with E-state index in [2.05, 4.69) is 31.0 Å². The van der Waals surface area contributed by atoms with E-state index in [1.165, 1.54) is 58.4 Å². The fourth-order valence-corrected chi connectivity index (χ4v) is 3.61. The Bertz CT molecular complexity index is 225. The summed E-state index contributed by atoms with van der Waals surface area (Å²) in [5, 5.41) is 3.52. The summed E-state index contributed by atoms with van der Waals surface area (Å²) in [6.45, 7) is 13.6. The third-order valence-electron chi connectivity index (χ3n) is 5.59. The van der Waals surface area contributed by atoms with Gasteiger partial charge in [-0.25, -0.2) is 0 Å². The van der Waals surface area contributed by atoms with Crippen molar-refractivity contribution >= 4 is 0 Å². The molecule has 0 aliphatic carbocycles. The van der Waals surface area contributed by atoms with Crippen molar-refractivity contribution in [2.24, 2.45) is 17.3 Å². The molecular formula is C15H30N2. The molecule has 2 atom stereocenters. The Morgan fingerprint density at radius 3 is 2.24 bits per heavy atom. The highest BCUT2D eigenvalue weighted by molar-refractivity contribution is 4.87. The monoisotopic (exact) mass is 238 g/mol. The minimum Gasteiger partial charge on any atom is -0.316 e. The van der Waals surface area contributed by atoms with Gasteiger partial charge in [0, 0.05) is 6.54 Å². The average Bonchev–Trinajstić information content (AvgIpc) is 2.77. The van der Waals surface area contributed by atoms with Crippen LogP contribution in [0.2, 0.25) is 0 Å². The molecule has 17 heavy (non-hydrogen) atoms. The van der Waals surface area contributed by atoms with Crippen molar-refractivity contribution < 1.29 is 0 Å². The van der Waals surface area contributed by atoms with Crippen LogP contribution in [0.4, 0.5) is 0 Å². The molecule has 1 N–H and O–H groups in total. The zero-order valence-electron chi connectivity index (χ0n) is 12.0. The summed E-state index contributed by atoms with van der Waals surface area (Å²) >= 11 is 0. The van der Waals surface area contributed by atoms with Crippen LogP contribution in [-0.2, 0) is 0 Å². The Kier molecular flexibility index (Phi) is 4.48. The quantitative estimate of drug-likeness (QED) is 0.810. The van der Waals surface area contributed by atoms with Gasteiger partial charge in [0.1, 0.15) is 0 Å². The van der Waals surface area contributed by atoms with Crippen molar-refractivity contribution in [3.63, 3.8) is 0 Å². The molecule has 0 aromatic heterocycles. The lowest BCUT2D eigenvalue weighted by Gasteiger charge is -2.42. The maximum absolute atomic E-state index is 3.52. The van der Waals surface area contributed by atoms with Gasteiger partial charge in [-0.2, -0.15) is 0 Å². The van der Waals surface area contributed by atoms with E-state index in [1.54, 1.807) is 0 Å². The minimum absolute atomic E-state index is 0.677. The Hall–Kier alpha value is -0.0800. The van der Waals surface area contributed by atoms with Crippen LogP contribution in [0.1, 0.15) is 46.5 Å². The van der Waals surface area contributed by atoms with Gasteiger partial charge >= 0.3 is 0 Å². The van der Waals surface area contributed by atoms with Crippen molar-refractivity contribution in [2.75, 3.05) is 32.7 Å². The number of rotatable bonds is 4. The van der Waals surface area contributed by atoms with Gasteiger partial charge < -0.3 is 10.2 Å². The summed E-state index contributed by atoms with van der Waals surface area (Å²) < 4.78 is 0. The second-order valence-electron chi connectivity index (χ2n) is 6.40. The Morgan fingerprint density at radius 1 is 1.12 bits per heavy atom. The maximum Gasteiger partial charge on any atom is 0.00248 e. The van der Waals surface area contributed by atoms with Crippen molar-refractivity contribution in [3.8, 4) is 0 Å². The van der Waals surface area contributed by atoms with Gasteiger partial charge in [0.05, 0.1) is 0 Å². The van der Waals surface area contributed by atoms with E-state index in [0.29, 0.717) is 5.41 Å². The van der Waals surface area contributed by atoms with Crippen LogP contribution in [0.25, 0.3) is 0 Å². The Balaban J connectivity index is 1.79. The van der Waals surface area contributed by atoms with Gasteiger partial charge in [0.2, 0.25) is 0 Å². The van der Waals surface area contributed by atoms with Crippen LogP contribution in [0.15, 0.2) is 0 Å². The van der Waals surface area contributed by atoms with Crippen LogP contribution in [0.3, 0.4) is 0 Å². The molecule has 2 aliphatic rings. The van der Waals surface area contributed by atoms with E-state index in [0.717, 1.165) is 11.8 Å². The second-order valence-corrected chi connectivity index (χ2v) is 6.40. The first-order valence-corrected chi connectivity index (χ1v) is 7.62. The number of hydrogen-bond acceptors (Lipinski definition) is 2. The summed E-state index contributed by atoms with van der Waals surface area (Å²) in [5.74, 6) is 1.77. The highest BCUT2D eigenvalue weighted by Gasteiger charge is 2.33. The first-order chi connectivity index (χ1) is 8.19. The highest BCUT2D eigenvalue weighted by Crippen LogP contribution is 2.38. The molecule has 2 fully saturated rings. The molecule has 0 unspecified atom stereocenters. The van der Waals surface area contributed by atoms with Gasteiger partial charge in [0.25, 0.3) is 0 Å². The molecule has 0 spiro atoms. The highest BCUT2D eigenvalue weighted by atomic mass is 15.1. The summed E-state index contributed by atoms with van der Waals surface area (Å²) in [4.78, 5) is 2.72. The van der Waals surface area contributed by atoms with Crippen LogP contribution in [0, 0.1) is 17.3 Å². The second kappa shape index (κ2) is 5.71. The molecule has 0 aromatic carbocycles. The molecule has 2 heterocycles. The van der Waals surface area contributed by atoms with Crippen molar-refractivity contribution in [2.45, 2.75) is 46.5 Å². The van der Waals surface area contributed by atoms with E-state index in [9.17, 15) is 0 Å². The lowest BCUT2D eigenvalue weighted by molar-refractivity contribution is 0.0822. The predicted octanol–water partition coefficient (Wildman–Crippen LogP) is 2.74. The summed E-state index contributed by atoms with van der Waals surface area (Å²) in [7, 11) is 0. The molecule has 0 bridgehead atoms. The molecule has 2 rings (SSSR count). The van der Waals surface area contributed by atoms with Crippen molar-refractivity contribution in [3.05, 3.63) is 0 Å². The molecule has 0 amide bonds. The van der Waals surface area contributed by atoms with E-state index in [1.807, 2.05) is 0 Å². The molecule has 0 aromatic rings. The smallest absolute Gasteiger partial charge is 0.00248 e. The van der Waals surface area contributed by atoms with E-state index in [4.69, 9.17) is 0 Å².